The number of carbonyl (C=O) groups excluding carboxylic acids is 1. The molecule has 1 aliphatic rings. The van der Waals surface area contributed by atoms with Gasteiger partial charge in [0, 0.05) is 16.8 Å². The second-order valence-corrected chi connectivity index (χ2v) is 8.07. The predicted octanol–water partition coefficient (Wildman–Crippen LogP) is 4.62. The Kier molecular flexibility index (Phi) is 4.74. The number of halogens is 1. The second kappa shape index (κ2) is 7.17. The number of fused-ring (bicyclic) bond motifs is 1. The van der Waals surface area contributed by atoms with Crippen LogP contribution in [0.3, 0.4) is 0 Å². The van der Waals surface area contributed by atoms with E-state index in [1.807, 2.05) is 31.2 Å². The molecule has 0 radical (unpaired) electrons. The highest BCUT2D eigenvalue weighted by Crippen LogP contribution is 2.38. The highest BCUT2D eigenvalue weighted by atomic mass is 32.2. The molecule has 0 aliphatic carbocycles. The summed E-state index contributed by atoms with van der Waals surface area (Å²) < 4.78 is 14.0. The SMILES string of the molecule is Cc1nc(-c2ccccn2)sc1C(=O)N[C@@H]1CCSc2c(F)cccc21. The van der Waals surface area contributed by atoms with Gasteiger partial charge >= 0.3 is 0 Å². The third-order valence-corrected chi connectivity index (χ3v) is 6.56. The Hall–Kier alpha value is -2.25. The minimum absolute atomic E-state index is 0.172. The zero-order valence-electron chi connectivity index (χ0n) is 14.0. The van der Waals surface area contributed by atoms with E-state index in [0.29, 0.717) is 15.5 Å². The van der Waals surface area contributed by atoms with Gasteiger partial charge in [-0.05, 0) is 37.1 Å². The molecule has 1 N–H and O–H groups in total. The van der Waals surface area contributed by atoms with Crippen molar-refractivity contribution in [1.82, 2.24) is 15.3 Å². The number of nitrogens with zero attached hydrogens (tertiary/aromatic N) is 2. The number of thioether (sulfide) groups is 1. The molecule has 0 fully saturated rings. The van der Waals surface area contributed by atoms with Crippen LogP contribution in [0.2, 0.25) is 0 Å². The standard InChI is InChI=1S/C19H16FN3OS2/c1-11-16(26-19(22-11)15-7-2-3-9-21-15)18(24)23-14-8-10-25-17-12(14)5-4-6-13(17)20/h2-7,9,14H,8,10H2,1H3,(H,23,24)/t14-/m1/s1. The Labute approximate surface area is 158 Å². The van der Waals surface area contributed by atoms with Gasteiger partial charge in [-0.25, -0.2) is 9.37 Å². The number of carbonyl (C=O) groups is 1. The summed E-state index contributed by atoms with van der Waals surface area (Å²) in [5, 5.41) is 3.78. The van der Waals surface area contributed by atoms with E-state index in [4.69, 9.17) is 0 Å². The summed E-state index contributed by atoms with van der Waals surface area (Å²) in [6.07, 6.45) is 2.48. The monoisotopic (exact) mass is 385 g/mol. The number of aryl methyl sites for hydroxylation is 1. The maximum absolute atomic E-state index is 14.0. The molecule has 1 atom stereocenters. The maximum Gasteiger partial charge on any atom is 0.263 e. The summed E-state index contributed by atoms with van der Waals surface area (Å²) in [5.41, 5.74) is 2.28. The Morgan fingerprint density at radius 3 is 2.96 bits per heavy atom. The number of hydrogen-bond donors (Lipinski definition) is 1. The summed E-state index contributed by atoms with van der Waals surface area (Å²) in [6, 6.07) is 10.5. The van der Waals surface area contributed by atoms with E-state index < -0.39 is 0 Å². The van der Waals surface area contributed by atoms with Crippen LogP contribution in [0.25, 0.3) is 10.7 Å². The molecule has 3 heterocycles. The van der Waals surface area contributed by atoms with Crippen molar-refractivity contribution in [2.45, 2.75) is 24.3 Å². The molecular formula is C19H16FN3OS2. The molecule has 7 heteroatoms. The second-order valence-electron chi connectivity index (χ2n) is 5.97. The molecule has 4 nitrogen and oxygen atoms in total. The minimum atomic E-state index is -0.224. The number of thiazole rings is 1. The van der Waals surface area contributed by atoms with E-state index in [1.54, 1.807) is 12.3 Å². The van der Waals surface area contributed by atoms with Crippen LogP contribution in [0.1, 0.15) is 33.4 Å². The quantitative estimate of drug-likeness (QED) is 0.715. The molecule has 0 bridgehead atoms. The highest BCUT2D eigenvalue weighted by Gasteiger charge is 2.26. The molecule has 2 aromatic heterocycles. The lowest BCUT2D eigenvalue weighted by Gasteiger charge is -2.26. The third-order valence-electron chi connectivity index (χ3n) is 4.22. The van der Waals surface area contributed by atoms with Crippen molar-refractivity contribution in [3.05, 3.63) is 64.5 Å². The zero-order valence-corrected chi connectivity index (χ0v) is 15.7. The van der Waals surface area contributed by atoms with E-state index in [1.165, 1.54) is 29.2 Å². The van der Waals surface area contributed by atoms with Crippen LogP contribution >= 0.6 is 23.1 Å². The fourth-order valence-corrected chi connectivity index (χ4v) is 5.05. The van der Waals surface area contributed by atoms with Gasteiger partial charge in [0.1, 0.15) is 15.7 Å². The lowest BCUT2D eigenvalue weighted by atomic mass is 10.0. The van der Waals surface area contributed by atoms with Crippen molar-refractivity contribution in [3.63, 3.8) is 0 Å². The summed E-state index contributed by atoms with van der Waals surface area (Å²) in [5.74, 6) is 0.381. The van der Waals surface area contributed by atoms with Gasteiger partial charge in [-0.1, -0.05) is 18.2 Å². The molecule has 0 unspecified atom stereocenters. The first-order valence-corrected chi connectivity index (χ1v) is 10.0. The molecule has 26 heavy (non-hydrogen) atoms. The van der Waals surface area contributed by atoms with Crippen molar-refractivity contribution in [2.75, 3.05) is 5.75 Å². The fraction of sp³-hybridized carbons (Fsp3) is 0.211. The van der Waals surface area contributed by atoms with Crippen LogP contribution in [-0.4, -0.2) is 21.6 Å². The molecule has 1 aromatic carbocycles. The average molecular weight is 385 g/mol. The van der Waals surface area contributed by atoms with Gasteiger partial charge in [-0.3, -0.25) is 9.78 Å². The lowest BCUT2D eigenvalue weighted by molar-refractivity contribution is 0.0938. The van der Waals surface area contributed by atoms with Gasteiger partial charge in [-0.15, -0.1) is 23.1 Å². The number of amides is 1. The molecule has 0 saturated heterocycles. The summed E-state index contributed by atoms with van der Waals surface area (Å²) >= 11 is 2.83. The van der Waals surface area contributed by atoms with Gasteiger partial charge < -0.3 is 5.32 Å². The first-order valence-electron chi connectivity index (χ1n) is 8.24. The normalized spacial score (nSPS) is 16.2. The Morgan fingerprint density at radius 2 is 2.15 bits per heavy atom. The van der Waals surface area contributed by atoms with Crippen molar-refractivity contribution >= 4 is 29.0 Å². The van der Waals surface area contributed by atoms with Crippen molar-refractivity contribution < 1.29 is 9.18 Å². The van der Waals surface area contributed by atoms with Gasteiger partial charge in [0.15, 0.2) is 0 Å². The fourth-order valence-electron chi connectivity index (χ4n) is 2.97. The summed E-state index contributed by atoms with van der Waals surface area (Å²) in [6.45, 7) is 1.82. The first-order chi connectivity index (χ1) is 12.6. The van der Waals surface area contributed by atoms with E-state index in [9.17, 15) is 9.18 Å². The molecule has 1 aliphatic heterocycles. The van der Waals surface area contributed by atoms with Gasteiger partial charge in [0.25, 0.3) is 5.91 Å². The summed E-state index contributed by atoms with van der Waals surface area (Å²) in [4.78, 5) is 22.8. The Balaban J connectivity index is 1.59. The van der Waals surface area contributed by atoms with E-state index >= 15 is 0 Å². The topological polar surface area (TPSA) is 54.9 Å². The van der Waals surface area contributed by atoms with Crippen LogP contribution in [-0.2, 0) is 0 Å². The molecule has 3 aromatic rings. The lowest BCUT2D eigenvalue weighted by Crippen LogP contribution is -2.30. The smallest absolute Gasteiger partial charge is 0.263 e. The summed E-state index contributed by atoms with van der Waals surface area (Å²) in [7, 11) is 0. The maximum atomic E-state index is 14.0. The Bertz CT molecular complexity index is 959. The number of hydrogen-bond acceptors (Lipinski definition) is 5. The van der Waals surface area contributed by atoms with Gasteiger partial charge in [-0.2, -0.15) is 0 Å². The molecule has 0 saturated carbocycles. The number of nitrogens with one attached hydrogen (secondary N) is 1. The van der Waals surface area contributed by atoms with E-state index in [2.05, 4.69) is 15.3 Å². The minimum Gasteiger partial charge on any atom is -0.344 e. The van der Waals surface area contributed by atoms with Crippen LogP contribution in [0, 0.1) is 12.7 Å². The van der Waals surface area contributed by atoms with Crippen LogP contribution < -0.4 is 5.32 Å². The highest BCUT2D eigenvalue weighted by molar-refractivity contribution is 7.99. The first kappa shape index (κ1) is 17.2. The molecule has 4 rings (SSSR count). The van der Waals surface area contributed by atoms with Gasteiger partial charge in [0.05, 0.1) is 17.4 Å². The Morgan fingerprint density at radius 1 is 1.27 bits per heavy atom. The third kappa shape index (κ3) is 3.24. The number of benzene rings is 1. The van der Waals surface area contributed by atoms with Crippen LogP contribution in [0.4, 0.5) is 4.39 Å². The predicted molar refractivity (Wildman–Crippen MR) is 102 cm³/mol. The molecule has 1 amide bonds. The van der Waals surface area contributed by atoms with E-state index in [0.717, 1.165) is 28.4 Å². The number of pyridine rings is 1. The van der Waals surface area contributed by atoms with Crippen molar-refractivity contribution in [1.29, 1.82) is 0 Å². The van der Waals surface area contributed by atoms with E-state index in [-0.39, 0.29) is 17.8 Å². The van der Waals surface area contributed by atoms with Crippen molar-refractivity contribution in [3.8, 4) is 10.7 Å². The number of aromatic nitrogens is 2. The number of rotatable bonds is 3. The molecule has 0 spiro atoms. The molecular weight excluding hydrogens is 369 g/mol. The van der Waals surface area contributed by atoms with Crippen molar-refractivity contribution in [2.24, 2.45) is 0 Å². The van der Waals surface area contributed by atoms with Crippen LogP contribution in [0.15, 0.2) is 47.5 Å². The largest absolute Gasteiger partial charge is 0.344 e. The van der Waals surface area contributed by atoms with Gasteiger partial charge in [0.2, 0.25) is 0 Å². The zero-order chi connectivity index (χ0) is 18.1. The average Bonchev–Trinajstić information content (AvgIpc) is 3.05. The molecule has 132 valence electrons. The van der Waals surface area contributed by atoms with Crippen LogP contribution in [0.5, 0.6) is 0 Å².